The summed E-state index contributed by atoms with van der Waals surface area (Å²) < 4.78 is 23.5. The summed E-state index contributed by atoms with van der Waals surface area (Å²) >= 11 is 0. The van der Waals surface area contributed by atoms with Crippen molar-refractivity contribution in [2.75, 3.05) is 40.9 Å². The van der Waals surface area contributed by atoms with Crippen LogP contribution in [0.1, 0.15) is 174 Å². The van der Waals surface area contributed by atoms with Crippen molar-refractivity contribution in [1.29, 1.82) is 0 Å². The summed E-state index contributed by atoms with van der Waals surface area (Å²) in [6, 6.07) is -0.860. The first kappa shape index (κ1) is 51.5. The fraction of sp³-hybridized carbons (Fsp3) is 0.795. The second-order valence-corrected chi connectivity index (χ2v) is 17.1. The summed E-state index contributed by atoms with van der Waals surface area (Å²) in [5.74, 6) is -0.192. The number of carbonyl (C=O) groups excluding carboxylic acids is 1. The lowest BCUT2D eigenvalue weighted by Crippen LogP contribution is -2.45. The number of phosphoric acid groups is 1. The Morgan fingerprint density at radius 1 is 0.660 bits per heavy atom. The molecular formula is C44H84N2O6P+. The van der Waals surface area contributed by atoms with Gasteiger partial charge in [0.15, 0.2) is 0 Å². The van der Waals surface area contributed by atoms with Crippen LogP contribution in [0.4, 0.5) is 0 Å². The number of amides is 1. The lowest BCUT2D eigenvalue weighted by Gasteiger charge is -2.25. The molecule has 53 heavy (non-hydrogen) atoms. The molecule has 9 heteroatoms. The summed E-state index contributed by atoms with van der Waals surface area (Å²) in [6.45, 7) is 4.64. The molecule has 0 aromatic heterocycles. The topological polar surface area (TPSA) is 105 Å². The van der Waals surface area contributed by atoms with Gasteiger partial charge in [0.05, 0.1) is 39.9 Å². The smallest absolute Gasteiger partial charge is 0.387 e. The third-order valence-corrected chi connectivity index (χ3v) is 10.3. The number of hydrogen-bond acceptors (Lipinski definition) is 5. The van der Waals surface area contributed by atoms with Crippen molar-refractivity contribution in [3.05, 3.63) is 48.6 Å². The van der Waals surface area contributed by atoms with Crippen molar-refractivity contribution in [2.24, 2.45) is 0 Å². The predicted molar refractivity (Wildman–Crippen MR) is 226 cm³/mol. The van der Waals surface area contributed by atoms with Crippen molar-refractivity contribution in [3.63, 3.8) is 0 Å². The molecule has 0 aliphatic heterocycles. The van der Waals surface area contributed by atoms with Crippen molar-refractivity contribution in [2.45, 2.75) is 187 Å². The van der Waals surface area contributed by atoms with E-state index in [4.69, 9.17) is 9.05 Å². The summed E-state index contributed by atoms with van der Waals surface area (Å²) in [6.07, 6.45) is 44.8. The van der Waals surface area contributed by atoms with E-state index in [9.17, 15) is 19.4 Å². The van der Waals surface area contributed by atoms with Crippen molar-refractivity contribution in [3.8, 4) is 0 Å². The molecule has 0 aliphatic carbocycles. The average Bonchev–Trinajstić information content (AvgIpc) is 3.10. The first-order chi connectivity index (χ1) is 25.5. The number of carbonyl (C=O) groups is 1. The maximum Gasteiger partial charge on any atom is 0.472 e. The Morgan fingerprint density at radius 3 is 1.72 bits per heavy atom. The zero-order valence-corrected chi connectivity index (χ0v) is 35.9. The molecule has 1 amide bonds. The number of likely N-dealkylation sites (N-methyl/N-ethyl adjacent to an activating group) is 1. The highest BCUT2D eigenvalue weighted by molar-refractivity contribution is 7.47. The SMILES string of the molecule is CC/C=C\C/C=C\CCCCCCCCCCCCCCCCC(=O)NC(COP(=O)(O)OCC[N+](C)(C)C)C(O)/C=C/CC/C=C/CCCCCC. The standard InChI is InChI=1S/C44H83N2O6P/c1-6-8-10-12-14-16-18-19-20-21-22-23-24-25-26-27-28-30-32-34-36-38-44(48)45-42(41-52-53(49,50)51-40-39-46(3,4)5)43(47)37-35-33-31-29-17-15-13-11-9-7-2/h8,10,14,16-17,29,35,37,42-43,47H,6-7,9,11-13,15,18-28,30-34,36,38-41H2,1-5H3,(H-,45,48,49,50)/p+1/b10-8-,16-14-,29-17+,37-35+. The number of nitrogens with zero attached hydrogens (tertiary/aromatic N) is 1. The molecule has 310 valence electrons. The molecule has 0 aromatic rings. The van der Waals surface area contributed by atoms with E-state index < -0.39 is 20.0 Å². The van der Waals surface area contributed by atoms with Gasteiger partial charge in [0.25, 0.3) is 0 Å². The van der Waals surface area contributed by atoms with Gasteiger partial charge in [0, 0.05) is 6.42 Å². The van der Waals surface area contributed by atoms with Gasteiger partial charge in [-0.2, -0.15) is 0 Å². The third-order valence-electron chi connectivity index (χ3n) is 9.28. The zero-order valence-electron chi connectivity index (χ0n) is 35.0. The van der Waals surface area contributed by atoms with Crippen LogP contribution in [-0.4, -0.2) is 73.4 Å². The molecule has 8 nitrogen and oxygen atoms in total. The molecular weight excluding hydrogens is 683 g/mol. The van der Waals surface area contributed by atoms with Gasteiger partial charge >= 0.3 is 7.82 Å². The van der Waals surface area contributed by atoms with E-state index in [0.717, 1.165) is 51.4 Å². The Bertz CT molecular complexity index is 1010. The molecule has 0 fully saturated rings. The number of unbranched alkanes of at least 4 members (excludes halogenated alkanes) is 19. The second-order valence-electron chi connectivity index (χ2n) is 15.7. The minimum Gasteiger partial charge on any atom is -0.387 e. The van der Waals surface area contributed by atoms with Gasteiger partial charge in [0.2, 0.25) is 5.91 Å². The average molecular weight is 768 g/mol. The Balaban J connectivity index is 4.31. The number of quaternary nitrogens is 1. The number of nitrogens with one attached hydrogen (secondary N) is 1. The first-order valence-electron chi connectivity index (χ1n) is 21.5. The maximum atomic E-state index is 12.8. The van der Waals surface area contributed by atoms with Crippen molar-refractivity contribution in [1.82, 2.24) is 5.32 Å². The normalized spacial score (nSPS) is 14.9. The van der Waals surface area contributed by atoms with Crippen LogP contribution in [-0.2, 0) is 18.4 Å². The Kier molecular flexibility index (Phi) is 35.1. The third kappa shape index (κ3) is 38.5. The number of rotatable bonds is 38. The highest BCUT2D eigenvalue weighted by atomic mass is 31.2. The number of aliphatic hydroxyl groups is 1. The summed E-state index contributed by atoms with van der Waals surface area (Å²) in [4.78, 5) is 23.0. The zero-order chi connectivity index (χ0) is 39.3. The van der Waals surface area contributed by atoms with Crippen LogP contribution in [0.25, 0.3) is 0 Å². The van der Waals surface area contributed by atoms with Crippen molar-refractivity contribution < 1.29 is 32.9 Å². The van der Waals surface area contributed by atoms with Gasteiger partial charge in [-0.05, 0) is 57.8 Å². The van der Waals surface area contributed by atoms with Crippen molar-refractivity contribution >= 4 is 13.7 Å². The number of hydrogen-bond donors (Lipinski definition) is 3. The maximum absolute atomic E-state index is 12.8. The molecule has 0 spiro atoms. The van der Waals surface area contributed by atoms with Gasteiger partial charge in [-0.1, -0.05) is 159 Å². The van der Waals surface area contributed by atoms with E-state index in [1.54, 1.807) is 6.08 Å². The lowest BCUT2D eigenvalue weighted by molar-refractivity contribution is -0.870. The van der Waals surface area contributed by atoms with E-state index >= 15 is 0 Å². The Morgan fingerprint density at radius 2 is 1.15 bits per heavy atom. The van der Waals surface area contributed by atoms with E-state index in [1.165, 1.54) is 103 Å². The summed E-state index contributed by atoms with van der Waals surface area (Å²) in [5.41, 5.74) is 0. The fourth-order valence-electron chi connectivity index (χ4n) is 5.86. The van der Waals surface area contributed by atoms with E-state index in [1.807, 2.05) is 27.2 Å². The number of aliphatic hydroxyl groups excluding tert-OH is 1. The molecule has 3 N–H and O–H groups in total. The highest BCUT2D eigenvalue weighted by Gasteiger charge is 2.27. The van der Waals surface area contributed by atoms with Gasteiger partial charge in [-0.3, -0.25) is 13.8 Å². The largest absolute Gasteiger partial charge is 0.472 e. The van der Waals surface area contributed by atoms with Crippen LogP contribution >= 0.6 is 7.82 Å². The molecule has 0 bridgehead atoms. The van der Waals surface area contributed by atoms with Crippen LogP contribution in [0.3, 0.4) is 0 Å². The molecule has 3 atom stereocenters. The summed E-state index contributed by atoms with van der Waals surface area (Å²) in [7, 11) is 1.55. The minimum absolute atomic E-state index is 0.0551. The molecule has 0 heterocycles. The number of allylic oxidation sites excluding steroid dienone is 7. The van der Waals surface area contributed by atoms with Gasteiger partial charge < -0.3 is 19.8 Å². The van der Waals surface area contributed by atoms with Crippen LogP contribution < -0.4 is 5.32 Å². The van der Waals surface area contributed by atoms with Crippen LogP contribution in [0.2, 0.25) is 0 Å². The molecule has 0 saturated heterocycles. The second kappa shape index (κ2) is 36.1. The van der Waals surface area contributed by atoms with E-state index in [0.29, 0.717) is 17.4 Å². The van der Waals surface area contributed by atoms with Crippen LogP contribution in [0, 0.1) is 0 Å². The van der Waals surface area contributed by atoms with Crippen LogP contribution in [0.15, 0.2) is 48.6 Å². The molecule has 0 saturated carbocycles. The molecule has 0 aliphatic rings. The molecule has 0 rings (SSSR count). The first-order valence-corrected chi connectivity index (χ1v) is 23.0. The minimum atomic E-state index is -4.34. The van der Waals surface area contributed by atoms with Gasteiger partial charge in [-0.15, -0.1) is 0 Å². The van der Waals surface area contributed by atoms with Crippen LogP contribution in [0.5, 0.6) is 0 Å². The number of phosphoric ester groups is 1. The van der Waals surface area contributed by atoms with Gasteiger partial charge in [-0.25, -0.2) is 4.57 Å². The molecule has 0 aromatic carbocycles. The molecule has 3 unspecified atom stereocenters. The summed E-state index contributed by atoms with van der Waals surface area (Å²) in [5, 5.41) is 13.7. The lowest BCUT2D eigenvalue weighted by atomic mass is 10.0. The quantitative estimate of drug-likeness (QED) is 0.0250. The Labute approximate surface area is 327 Å². The van der Waals surface area contributed by atoms with Gasteiger partial charge in [0.1, 0.15) is 13.2 Å². The highest BCUT2D eigenvalue weighted by Crippen LogP contribution is 2.43. The monoisotopic (exact) mass is 768 g/mol. The van der Waals surface area contributed by atoms with E-state index in [2.05, 4.69) is 55.6 Å². The Hall–Kier alpha value is -1.54. The predicted octanol–water partition coefficient (Wildman–Crippen LogP) is 11.7. The van der Waals surface area contributed by atoms with E-state index in [-0.39, 0.29) is 19.1 Å². The fourth-order valence-corrected chi connectivity index (χ4v) is 6.59. The molecule has 0 radical (unpaired) electrons.